The molecule has 0 amide bonds. The van der Waals surface area contributed by atoms with E-state index in [0.717, 1.165) is 11.9 Å². The van der Waals surface area contributed by atoms with Crippen LogP contribution in [0.1, 0.15) is 10.4 Å². The van der Waals surface area contributed by atoms with Crippen LogP contribution in [-0.4, -0.2) is 35.8 Å². The first kappa shape index (κ1) is 18.7. The molecule has 0 aliphatic carbocycles. The molecule has 5 nitrogen and oxygen atoms in total. The number of thioether (sulfide) groups is 1. The number of hydrogen-bond donors (Lipinski definition) is 0. The summed E-state index contributed by atoms with van der Waals surface area (Å²) in [5.74, 6) is 0.0891. The minimum Gasteiger partial charge on any atom is -0.295 e. The Bertz CT molecular complexity index is 1040. The summed E-state index contributed by atoms with van der Waals surface area (Å²) in [6.07, 6.45) is 4.60. The minimum absolute atomic E-state index is 0.101. The number of benzene rings is 2. The van der Waals surface area contributed by atoms with E-state index in [2.05, 4.69) is 4.98 Å². The van der Waals surface area contributed by atoms with Gasteiger partial charge in [-0.25, -0.2) is 13.4 Å². The molecule has 1 aromatic heterocycles. The van der Waals surface area contributed by atoms with Crippen molar-refractivity contribution in [2.75, 3.05) is 12.0 Å². The molecule has 1 heterocycles. The minimum atomic E-state index is -3.27. The van der Waals surface area contributed by atoms with Crippen molar-refractivity contribution >= 4 is 39.0 Å². The number of ketones is 1. The topological polar surface area (TPSA) is 69.0 Å². The smallest absolute Gasteiger partial charge is 0.175 e. The maximum atomic E-state index is 12.4. The number of Topliss-reactive ketones (excluding diaryl/α,β-unsaturated/α-hetero) is 1. The SMILES string of the molecule is CS(=O)(=O)c1ccc(C(=O)CSc2nccn2-c2cccc(Cl)c2)cc1. The lowest BCUT2D eigenvalue weighted by Crippen LogP contribution is -2.05. The van der Waals surface area contributed by atoms with Gasteiger partial charge >= 0.3 is 0 Å². The molecule has 0 saturated heterocycles. The Balaban J connectivity index is 1.72. The van der Waals surface area contributed by atoms with E-state index in [0.29, 0.717) is 15.7 Å². The summed E-state index contributed by atoms with van der Waals surface area (Å²) < 4.78 is 24.8. The Morgan fingerprint density at radius 3 is 2.58 bits per heavy atom. The molecule has 0 fully saturated rings. The first-order valence-corrected chi connectivity index (χ1v) is 10.9. The molecule has 2 aromatic carbocycles. The van der Waals surface area contributed by atoms with Crippen LogP contribution in [0.3, 0.4) is 0 Å². The summed E-state index contributed by atoms with van der Waals surface area (Å²) in [6, 6.07) is 13.3. The Kier molecular flexibility index (Phi) is 5.50. The average Bonchev–Trinajstić information content (AvgIpc) is 3.07. The van der Waals surface area contributed by atoms with Gasteiger partial charge in [-0.1, -0.05) is 41.6 Å². The number of carbonyl (C=O) groups excluding carboxylic acids is 1. The molecule has 0 bridgehead atoms. The van der Waals surface area contributed by atoms with Gasteiger partial charge in [0.2, 0.25) is 0 Å². The maximum Gasteiger partial charge on any atom is 0.175 e. The highest BCUT2D eigenvalue weighted by molar-refractivity contribution is 7.99. The van der Waals surface area contributed by atoms with E-state index in [1.54, 1.807) is 18.5 Å². The molecule has 3 rings (SSSR count). The molecule has 0 N–H and O–H groups in total. The fraction of sp³-hybridized carbons (Fsp3) is 0.111. The molecule has 0 unspecified atom stereocenters. The quantitative estimate of drug-likeness (QED) is 0.458. The van der Waals surface area contributed by atoms with Gasteiger partial charge in [0, 0.05) is 34.9 Å². The molecule has 3 aromatic rings. The number of nitrogens with zero attached hydrogens (tertiary/aromatic N) is 2. The van der Waals surface area contributed by atoms with Gasteiger partial charge < -0.3 is 0 Å². The number of aromatic nitrogens is 2. The number of carbonyl (C=O) groups is 1. The molecule has 26 heavy (non-hydrogen) atoms. The molecule has 0 radical (unpaired) electrons. The van der Waals surface area contributed by atoms with Gasteiger partial charge in [0.15, 0.2) is 20.8 Å². The average molecular weight is 407 g/mol. The zero-order valence-electron chi connectivity index (χ0n) is 13.8. The standard InChI is InChI=1S/C18H15ClN2O3S2/c1-26(23,24)16-7-5-13(6-8-16)17(22)12-25-18-20-9-10-21(18)15-4-2-3-14(19)11-15/h2-11H,12H2,1H3. The maximum absolute atomic E-state index is 12.4. The third-order valence-electron chi connectivity index (χ3n) is 3.63. The molecule has 0 atom stereocenters. The summed E-state index contributed by atoms with van der Waals surface area (Å²) in [4.78, 5) is 16.9. The molecule has 0 saturated carbocycles. The number of imidazole rings is 1. The highest BCUT2D eigenvalue weighted by Crippen LogP contribution is 2.23. The van der Waals surface area contributed by atoms with Crippen molar-refractivity contribution < 1.29 is 13.2 Å². The fourth-order valence-electron chi connectivity index (χ4n) is 2.32. The second-order valence-electron chi connectivity index (χ2n) is 5.57. The van der Waals surface area contributed by atoms with Gasteiger partial charge in [0.1, 0.15) is 0 Å². The van der Waals surface area contributed by atoms with Crippen LogP contribution in [0, 0.1) is 0 Å². The second kappa shape index (κ2) is 7.65. The predicted molar refractivity (Wildman–Crippen MR) is 103 cm³/mol. The van der Waals surface area contributed by atoms with Crippen LogP contribution in [0.5, 0.6) is 0 Å². The van der Waals surface area contributed by atoms with Crippen molar-refractivity contribution in [3.05, 3.63) is 71.5 Å². The highest BCUT2D eigenvalue weighted by atomic mass is 35.5. The Hall–Kier alpha value is -2.09. The van der Waals surface area contributed by atoms with Crippen LogP contribution >= 0.6 is 23.4 Å². The first-order valence-electron chi connectivity index (χ1n) is 7.60. The Morgan fingerprint density at radius 2 is 1.92 bits per heavy atom. The van der Waals surface area contributed by atoms with Gasteiger partial charge in [-0.05, 0) is 30.3 Å². The van der Waals surface area contributed by atoms with E-state index < -0.39 is 9.84 Å². The lowest BCUT2D eigenvalue weighted by Gasteiger charge is -2.08. The molecule has 0 aliphatic rings. The second-order valence-corrected chi connectivity index (χ2v) is 8.96. The van der Waals surface area contributed by atoms with E-state index in [9.17, 15) is 13.2 Å². The van der Waals surface area contributed by atoms with Gasteiger partial charge in [0.05, 0.1) is 10.6 Å². The monoisotopic (exact) mass is 406 g/mol. The first-order chi connectivity index (χ1) is 12.3. The molecular formula is C18H15ClN2O3S2. The number of sulfone groups is 1. The van der Waals surface area contributed by atoms with E-state index in [4.69, 9.17) is 11.6 Å². The Morgan fingerprint density at radius 1 is 1.19 bits per heavy atom. The summed E-state index contributed by atoms with van der Waals surface area (Å²) in [5.41, 5.74) is 1.33. The van der Waals surface area contributed by atoms with Crippen LogP contribution in [0.25, 0.3) is 5.69 Å². The molecular weight excluding hydrogens is 392 g/mol. The van der Waals surface area contributed by atoms with Crippen LogP contribution in [-0.2, 0) is 9.84 Å². The number of rotatable bonds is 6. The van der Waals surface area contributed by atoms with Crippen LogP contribution < -0.4 is 0 Å². The molecule has 0 aliphatic heterocycles. The zero-order chi connectivity index (χ0) is 18.7. The van der Waals surface area contributed by atoms with Crippen molar-refractivity contribution in [3.8, 4) is 5.69 Å². The fourth-order valence-corrected chi connectivity index (χ4v) is 4.00. The van der Waals surface area contributed by atoms with Crippen LogP contribution in [0.15, 0.2) is 71.0 Å². The summed E-state index contributed by atoms with van der Waals surface area (Å²) in [6.45, 7) is 0. The molecule has 8 heteroatoms. The lowest BCUT2D eigenvalue weighted by molar-refractivity contribution is 0.102. The van der Waals surface area contributed by atoms with E-state index >= 15 is 0 Å². The lowest BCUT2D eigenvalue weighted by atomic mass is 10.1. The van der Waals surface area contributed by atoms with Crippen LogP contribution in [0.2, 0.25) is 5.02 Å². The third kappa shape index (κ3) is 4.35. The third-order valence-corrected chi connectivity index (χ3v) is 5.96. The van der Waals surface area contributed by atoms with Crippen molar-refractivity contribution in [3.63, 3.8) is 0 Å². The van der Waals surface area contributed by atoms with E-state index in [1.807, 2.05) is 22.8 Å². The van der Waals surface area contributed by atoms with Gasteiger partial charge in [-0.15, -0.1) is 0 Å². The van der Waals surface area contributed by atoms with Crippen molar-refractivity contribution in [1.82, 2.24) is 9.55 Å². The van der Waals surface area contributed by atoms with Gasteiger partial charge in [-0.2, -0.15) is 0 Å². The highest BCUT2D eigenvalue weighted by Gasteiger charge is 2.13. The summed E-state index contributed by atoms with van der Waals surface area (Å²) in [7, 11) is -3.27. The predicted octanol–water partition coefficient (Wildman–Crippen LogP) is 3.90. The summed E-state index contributed by atoms with van der Waals surface area (Å²) >= 11 is 7.34. The normalized spacial score (nSPS) is 11.5. The van der Waals surface area contributed by atoms with Gasteiger partial charge in [-0.3, -0.25) is 9.36 Å². The summed E-state index contributed by atoms with van der Waals surface area (Å²) in [5, 5.41) is 1.29. The number of hydrogen-bond acceptors (Lipinski definition) is 5. The molecule has 0 spiro atoms. The van der Waals surface area contributed by atoms with Crippen molar-refractivity contribution in [2.24, 2.45) is 0 Å². The number of halogens is 1. The van der Waals surface area contributed by atoms with Crippen molar-refractivity contribution in [2.45, 2.75) is 10.1 Å². The van der Waals surface area contributed by atoms with E-state index in [1.165, 1.54) is 36.0 Å². The Labute approximate surface area is 160 Å². The zero-order valence-corrected chi connectivity index (χ0v) is 16.2. The van der Waals surface area contributed by atoms with Crippen LogP contribution in [0.4, 0.5) is 0 Å². The molecule has 134 valence electrons. The van der Waals surface area contributed by atoms with E-state index in [-0.39, 0.29) is 16.4 Å². The van der Waals surface area contributed by atoms with Gasteiger partial charge in [0.25, 0.3) is 0 Å². The van der Waals surface area contributed by atoms with Crippen molar-refractivity contribution in [1.29, 1.82) is 0 Å². The largest absolute Gasteiger partial charge is 0.295 e.